The molecular weight excluding hydrogens is 227 g/mol. The minimum Gasteiger partial charge on any atom is -0.488 e. The largest absolute Gasteiger partial charge is 0.488 e. The summed E-state index contributed by atoms with van der Waals surface area (Å²) in [5.74, 6) is -0.314. The molecule has 5 heteroatoms. The summed E-state index contributed by atoms with van der Waals surface area (Å²) in [5, 5.41) is 8.81. The molecule has 0 saturated carbocycles. The van der Waals surface area contributed by atoms with E-state index in [1.165, 1.54) is 12.1 Å². The van der Waals surface area contributed by atoms with Gasteiger partial charge in [-0.15, -0.1) is 0 Å². The molecular formula is C12H17FO4. The minimum absolute atomic E-state index is 0.164. The van der Waals surface area contributed by atoms with Gasteiger partial charge in [0.2, 0.25) is 0 Å². The summed E-state index contributed by atoms with van der Waals surface area (Å²) in [4.78, 5) is 0. The molecule has 4 nitrogen and oxygen atoms in total. The Morgan fingerprint density at radius 3 is 2.59 bits per heavy atom. The van der Waals surface area contributed by atoms with Gasteiger partial charge in [0, 0.05) is 7.11 Å². The maximum atomic E-state index is 13.4. The predicted octanol–water partition coefficient (Wildman–Crippen LogP) is 1.36. The molecule has 1 rings (SSSR count). The van der Waals surface area contributed by atoms with Crippen molar-refractivity contribution in [2.75, 3.05) is 33.5 Å². The van der Waals surface area contributed by atoms with E-state index in [1.54, 1.807) is 13.2 Å². The van der Waals surface area contributed by atoms with Crippen LogP contribution in [-0.2, 0) is 16.1 Å². The summed E-state index contributed by atoms with van der Waals surface area (Å²) in [6, 6.07) is 4.36. The lowest BCUT2D eigenvalue weighted by atomic mass is 10.2. The van der Waals surface area contributed by atoms with Gasteiger partial charge in [-0.25, -0.2) is 4.39 Å². The van der Waals surface area contributed by atoms with Gasteiger partial charge in [0.1, 0.15) is 6.61 Å². The van der Waals surface area contributed by atoms with Crippen molar-refractivity contribution in [1.29, 1.82) is 0 Å². The molecule has 0 fully saturated rings. The lowest BCUT2D eigenvalue weighted by molar-refractivity contribution is 0.0538. The van der Waals surface area contributed by atoms with Crippen molar-refractivity contribution < 1.29 is 23.7 Å². The number of rotatable bonds is 8. The number of hydrogen-bond acceptors (Lipinski definition) is 4. The first-order valence-electron chi connectivity index (χ1n) is 5.36. The third-order valence-electron chi connectivity index (χ3n) is 2.10. The number of benzene rings is 1. The SMILES string of the molecule is COCCOCCOc1ccc(CO)cc1F. The van der Waals surface area contributed by atoms with Crippen LogP contribution < -0.4 is 4.74 Å². The van der Waals surface area contributed by atoms with E-state index < -0.39 is 5.82 Å². The van der Waals surface area contributed by atoms with Crippen molar-refractivity contribution in [3.63, 3.8) is 0 Å². The maximum Gasteiger partial charge on any atom is 0.165 e. The van der Waals surface area contributed by atoms with E-state index in [1.807, 2.05) is 0 Å². The maximum absolute atomic E-state index is 13.4. The lowest BCUT2D eigenvalue weighted by Gasteiger charge is -2.08. The third-order valence-corrected chi connectivity index (χ3v) is 2.10. The van der Waals surface area contributed by atoms with E-state index in [4.69, 9.17) is 19.3 Å². The Morgan fingerprint density at radius 2 is 1.94 bits per heavy atom. The van der Waals surface area contributed by atoms with Crippen LogP contribution in [0.25, 0.3) is 0 Å². The average molecular weight is 244 g/mol. The second-order valence-electron chi connectivity index (χ2n) is 3.38. The fourth-order valence-electron chi connectivity index (χ4n) is 1.21. The van der Waals surface area contributed by atoms with E-state index in [0.29, 0.717) is 25.4 Å². The minimum atomic E-state index is -0.478. The highest BCUT2D eigenvalue weighted by atomic mass is 19.1. The zero-order valence-corrected chi connectivity index (χ0v) is 9.82. The van der Waals surface area contributed by atoms with Crippen LogP contribution in [-0.4, -0.2) is 38.6 Å². The summed E-state index contributed by atoms with van der Waals surface area (Å²) in [6.45, 7) is 1.49. The molecule has 1 aromatic carbocycles. The first-order valence-corrected chi connectivity index (χ1v) is 5.36. The van der Waals surface area contributed by atoms with Crippen molar-refractivity contribution in [2.24, 2.45) is 0 Å². The molecule has 1 N–H and O–H groups in total. The topological polar surface area (TPSA) is 47.9 Å². The van der Waals surface area contributed by atoms with Crippen LogP contribution in [0.2, 0.25) is 0 Å². The summed E-state index contributed by atoms with van der Waals surface area (Å²) in [6.07, 6.45) is 0. The monoisotopic (exact) mass is 244 g/mol. The highest BCUT2D eigenvalue weighted by Gasteiger charge is 2.04. The summed E-state index contributed by atoms with van der Waals surface area (Å²) in [5.41, 5.74) is 0.520. The van der Waals surface area contributed by atoms with Gasteiger partial charge in [0.15, 0.2) is 11.6 Å². The van der Waals surface area contributed by atoms with Crippen LogP contribution in [0.3, 0.4) is 0 Å². The molecule has 17 heavy (non-hydrogen) atoms. The Morgan fingerprint density at radius 1 is 1.18 bits per heavy atom. The molecule has 96 valence electrons. The number of aliphatic hydroxyl groups is 1. The first-order chi connectivity index (χ1) is 8.27. The number of methoxy groups -OCH3 is 1. The number of hydrogen-bond donors (Lipinski definition) is 1. The zero-order chi connectivity index (χ0) is 12.5. The first kappa shape index (κ1) is 13.9. The zero-order valence-electron chi connectivity index (χ0n) is 9.82. The van der Waals surface area contributed by atoms with E-state index in [0.717, 1.165) is 0 Å². The van der Waals surface area contributed by atoms with Crippen molar-refractivity contribution in [3.8, 4) is 5.75 Å². The third kappa shape index (κ3) is 5.12. The summed E-state index contributed by atoms with van der Waals surface area (Å²) >= 11 is 0. The van der Waals surface area contributed by atoms with Crippen LogP contribution in [0.1, 0.15) is 5.56 Å². The second kappa shape index (κ2) is 8.00. The van der Waals surface area contributed by atoms with Gasteiger partial charge in [-0.3, -0.25) is 0 Å². The Kier molecular flexibility index (Phi) is 6.54. The van der Waals surface area contributed by atoms with E-state index in [-0.39, 0.29) is 19.0 Å². The highest BCUT2D eigenvalue weighted by molar-refractivity contribution is 5.28. The molecule has 0 aliphatic heterocycles. The molecule has 0 amide bonds. The molecule has 0 spiro atoms. The molecule has 0 aromatic heterocycles. The standard InChI is InChI=1S/C12H17FO4/c1-15-4-5-16-6-7-17-12-3-2-10(9-14)8-11(12)13/h2-3,8,14H,4-7,9H2,1H3. The molecule has 0 heterocycles. The molecule has 0 unspecified atom stereocenters. The Labute approximate surface area is 99.9 Å². The van der Waals surface area contributed by atoms with Gasteiger partial charge in [0.05, 0.1) is 26.4 Å². The van der Waals surface area contributed by atoms with Crippen molar-refractivity contribution in [3.05, 3.63) is 29.6 Å². The summed E-state index contributed by atoms with van der Waals surface area (Å²) in [7, 11) is 1.60. The van der Waals surface area contributed by atoms with E-state index in [9.17, 15) is 4.39 Å². The van der Waals surface area contributed by atoms with Gasteiger partial charge in [-0.2, -0.15) is 0 Å². The van der Waals surface area contributed by atoms with Crippen LogP contribution in [0.4, 0.5) is 4.39 Å². The molecule has 0 aliphatic carbocycles. The molecule has 0 saturated heterocycles. The molecule has 0 radical (unpaired) electrons. The number of ether oxygens (including phenoxy) is 3. The van der Waals surface area contributed by atoms with E-state index in [2.05, 4.69) is 0 Å². The number of aliphatic hydroxyl groups excluding tert-OH is 1. The fraction of sp³-hybridized carbons (Fsp3) is 0.500. The Bertz CT molecular complexity index is 330. The summed E-state index contributed by atoms with van der Waals surface area (Å²) < 4.78 is 28.5. The molecule has 0 bridgehead atoms. The smallest absolute Gasteiger partial charge is 0.165 e. The predicted molar refractivity (Wildman–Crippen MR) is 60.5 cm³/mol. The quantitative estimate of drug-likeness (QED) is 0.701. The van der Waals surface area contributed by atoms with Crippen molar-refractivity contribution >= 4 is 0 Å². The van der Waals surface area contributed by atoms with Crippen LogP contribution in [0, 0.1) is 5.82 Å². The van der Waals surface area contributed by atoms with Gasteiger partial charge in [-0.1, -0.05) is 6.07 Å². The van der Waals surface area contributed by atoms with E-state index >= 15 is 0 Å². The van der Waals surface area contributed by atoms with Crippen LogP contribution >= 0.6 is 0 Å². The van der Waals surface area contributed by atoms with Crippen LogP contribution in [0.15, 0.2) is 18.2 Å². The highest BCUT2D eigenvalue weighted by Crippen LogP contribution is 2.18. The van der Waals surface area contributed by atoms with Crippen molar-refractivity contribution in [2.45, 2.75) is 6.61 Å². The molecule has 0 atom stereocenters. The Hall–Kier alpha value is -1.17. The normalized spacial score (nSPS) is 10.5. The Balaban J connectivity index is 2.27. The fourth-order valence-corrected chi connectivity index (χ4v) is 1.21. The molecule has 0 aliphatic rings. The van der Waals surface area contributed by atoms with Crippen LogP contribution in [0.5, 0.6) is 5.75 Å². The van der Waals surface area contributed by atoms with Gasteiger partial charge >= 0.3 is 0 Å². The second-order valence-corrected chi connectivity index (χ2v) is 3.38. The van der Waals surface area contributed by atoms with Gasteiger partial charge < -0.3 is 19.3 Å². The van der Waals surface area contributed by atoms with Gasteiger partial charge in [0.25, 0.3) is 0 Å². The van der Waals surface area contributed by atoms with Gasteiger partial charge in [-0.05, 0) is 17.7 Å². The molecule has 1 aromatic rings. The lowest BCUT2D eigenvalue weighted by Crippen LogP contribution is -2.10. The average Bonchev–Trinajstić information content (AvgIpc) is 2.35. The van der Waals surface area contributed by atoms with Crippen molar-refractivity contribution in [1.82, 2.24) is 0 Å². The number of halogens is 1.